The molecule has 0 aliphatic heterocycles. The highest BCUT2D eigenvalue weighted by atomic mass is 32.1. The highest BCUT2D eigenvalue weighted by Gasteiger charge is 2.33. The van der Waals surface area contributed by atoms with Crippen LogP contribution in [-0.4, -0.2) is 4.98 Å². The van der Waals surface area contributed by atoms with Gasteiger partial charge in [0.1, 0.15) is 4.83 Å². The Kier molecular flexibility index (Phi) is 2.45. The molecule has 3 rings (SSSR count). The first kappa shape index (κ1) is 11.3. The third-order valence-corrected chi connectivity index (χ3v) is 3.67. The lowest BCUT2D eigenvalue weighted by Gasteiger charge is -2.11. The number of hydrogen-bond donors (Lipinski definition) is 1. The van der Waals surface area contributed by atoms with E-state index in [0.29, 0.717) is 5.56 Å². The monoisotopic (exact) mass is 267 g/mol. The molecule has 0 spiro atoms. The molecule has 1 N–H and O–H groups in total. The number of fused-ring (bicyclic) bond motifs is 1. The van der Waals surface area contributed by atoms with Gasteiger partial charge in [0.2, 0.25) is 0 Å². The minimum atomic E-state index is -4.34. The zero-order valence-corrected chi connectivity index (χ0v) is 9.90. The van der Waals surface area contributed by atoms with Crippen LogP contribution in [0.1, 0.15) is 5.56 Å². The molecule has 0 unspecified atom stereocenters. The van der Waals surface area contributed by atoms with E-state index in [1.807, 2.05) is 11.4 Å². The lowest BCUT2D eigenvalue weighted by atomic mass is 10.00. The van der Waals surface area contributed by atoms with Crippen molar-refractivity contribution in [2.75, 3.05) is 0 Å². The summed E-state index contributed by atoms with van der Waals surface area (Å²) in [4.78, 5) is 3.89. The van der Waals surface area contributed by atoms with E-state index in [-0.39, 0.29) is 5.56 Å². The fourth-order valence-corrected chi connectivity index (χ4v) is 2.81. The number of halogens is 3. The summed E-state index contributed by atoms with van der Waals surface area (Å²) < 4.78 is 38.9. The molecule has 18 heavy (non-hydrogen) atoms. The van der Waals surface area contributed by atoms with Crippen molar-refractivity contribution in [3.05, 3.63) is 47.5 Å². The van der Waals surface area contributed by atoms with Crippen LogP contribution in [0.15, 0.2) is 41.9 Å². The molecule has 0 saturated heterocycles. The van der Waals surface area contributed by atoms with Crippen molar-refractivity contribution in [1.29, 1.82) is 0 Å². The standard InChI is InChI=1S/C13H8F3NS/c14-13(15,16)11-4-2-1-3-8(11)10-7-17-12-9(10)5-6-18-12/h1-7,17H. The number of benzene rings is 1. The molecule has 5 heteroatoms. The molecule has 2 heterocycles. The molecular formula is C13H8F3NS. The lowest BCUT2D eigenvalue weighted by Crippen LogP contribution is -2.06. The van der Waals surface area contributed by atoms with Crippen LogP contribution in [0, 0.1) is 0 Å². The second kappa shape index (κ2) is 3.88. The van der Waals surface area contributed by atoms with Crippen molar-refractivity contribution in [1.82, 2.24) is 4.98 Å². The molecule has 2 aromatic heterocycles. The normalized spacial score (nSPS) is 12.2. The smallest absolute Gasteiger partial charge is 0.352 e. The molecular weight excluding hydrogens is 259 g/mol. The highest BCUT2D eigenvalue weighted by molar-refractivity contribution is 7.16. The number of hydrogen-bond acceptors (Lipinski definition) is 1. The predicted octanol–water partition coefficient (Wildman–Crippen LogP) is 4.92. The summed E-state index contributed by atoms with van der Waals surface area (Å²) in [5, 5.41) is 2.69. The Labute approximate surface area is 105 Å². The first-order valence-corrected chi connectivity index (χ1v) is 6.16. The zero-order chi connectivity index (χ0) is 12.8. The van der Waals surface area contributed by atoms with E-state index in [4.69, 9.17) is 0 Å². The van der Waals surface area contributed by atoms with E-state index in [2.05, 4.69) is 4.98 Å². The average Bonchev–Trinajstić information content (AvgIpc) is 2.89. The van der Waals surface area contributed by atoms with Crippen LogP contribution in [0.5, 0.6) is 0 Å². The summed E-state index contributed by atoms with van der Waals surface area (Å²) >= 11 is 1.48. The second-order valence-corrected chi connectivity index (χ2v) is 4.83. The van der Waals surface area contributed by atoms with Crippen LogP contribution in [0.25, 0.3) is 21.3 Å². The zero-order valence-electron chi connectivity index (χ0n) is 9.08. The van der Waals surface area contributed by atoms with E-state index in [1.54, 1.807) is 12.3 Å². The SMILES string of the molecule is FC(F)(F)c1ccccc1-c1c[nH]c2sccc12. The fraction of sp³-hybridized carbons (Fsp3) is 0.0769. The average molecular weight is 267 g/mol. The minimum Gasteiger partial charge on any atom is -0.352 e. The van der Waals surface area contributed by atoms with Crippen molar-refractivity contribution in [3.8, 4) is 11.1 Å². The molecule has 1 nitrogen and oxygen atoms in total. The first-order chi connectivity index (χ1) is 8.57. The highest BCUT2D eigenvalue weighted by Crippen LogP contribution is 2.40. The van der Waals surface area contributed by atoms with Gasteiger partial charge in [-0.05, 0) is 23.1 Å². The fourth-order valence-electron chi connectivity index (χ4n) is 2.04. The second-order valence-electron chi connectivity index (χ2n) is 3.91. The van der Waals surface area contributed by atoms with Gasteiger partial charge in [0.05, 0.1) is 5.56 Å². The molecule has 0 aliphatic rings. The van der Waals surface area contributed by atoms with Crippen LogP contribution < -0.4 is 0 Å². The van der Waals surface area contributed by atoms with Crippen molar-refractivity contribution in [2.24, 2.45) is 0 Å². The van der Waals surface area contributed by atoms with Gasteiger partial charge in [0.15, 0.2) is 0 Å². The molecule has 0 bridgehead atoms. The summed E-state index contributed by atoms with van der Waals surface area (Å²) in [5.74, 6) is 0. The third-order valence-electron chi connectivity index (χ3n) is 2.83. The maximum atomic E-state index is 13.0. The number of thiophene rings is 1. The minimum absolute atomic E-state index is 0.217. The van der Waals surface area contributed by atoms with Crippen molar-refractivity contribution < 1.29 is 13.2 Å². The van der Waals surface area contributed by atoms with E-state index in [1.165, 1.54) is 23.5 Å². The van der Waals surface area contributed by atoms with Crippen LogP contribution in [0.4, 0.5) is 13.2 Å². The predicted molar refractivity (Wildman–Crippen MR) is 66.6 cm³/mol. The van der Waals surface area contributed by atoms with Gasteiger partial charge in [-0.1, -0.05) is 18.2 Å². The van der Waals surface area contributed by atoms with Crippen molar-refractivity contribution >= 4 is 21.6 Å². The van der Waals surface area contributed by atoms with Crippen molar-refractivity contribution in [2.45, 2.75) is 6.18 Å². The Hall–Kier alpha value is -1.75. The Morgan fingerprint density at radius 2 is 1.78 bits per heavy atom. The molecule has 0 atom stereocenters. The summed E-state index contributed by atoms with van der Waals surface area (Å²) in [6.07, 6.45) is -2.71. The number of H-pyrrole nitrogens is 1. The van der Waals surface area contributed by atoms with Gasteiger partial charge < -0.3 is 4.98 Å². The van der Waals surface area contributed by atoms with Gasteiger partial charge in [0, 0.05) is 17.1 Å². The Morgan fingerprint density at radius 3 is 2.56 bits per heavy atom. The maximum absolute atomic E-state index is 13.0. The van der Waals surface area contributed by atoms with Gasteiger partial charge >= 0.3 is 6.18 Å². The van der Waals surface area contributed by atoms with Crippen LogP contribution in [-0.2, 0) is 6.18 Å². The summed E-state index contributed by atoms with van der Waals surface area (Å²) in [5.41, 5.74) is 0.214. The van der Waals surface area contributed by atoms with Gasteiger partial charge in [-0.25, -0.2) is 0 Å². The molecule has 0 aliphatic carbocycles. The summed E-state index contributed by atoms with van der Waals surface area (Å²) in [6, 6.07) is 7.47. The first-order valence-electron chi connectivity index (χ1n) is 5.28. The molecule has 1 aromatic carbocycles. The van der Waals surface area contributed by atoms with Crippen LogP contribution >= 0.6 is 11.3 Å². The number of aromatic amines is 1. The number of nitrogens with one attached hydrogen (secondary N) is 1. The Balaban J connectivity index is 2.27. The van der Waals surface area contributed by atoms with E-state index < -0.39 is 11.7 Å². The largest absolute Gasteiger partial charge is 0.417 e. The van der Waals surface area contributed by atoms with E-state index >= 15 is 0 Å². The lowest BCUT2D eigenvalue weighted by molar-refractivity contribution is -0.137. The number of aromatic nitrogens is 1. The molecule has 0 fully saturated rings. The quantitative estimate of drug-likeness (QED) is 0.644. The molecule has 0 radical (unpaired) electrons. The summed E-state index contributed by atoms with van der Waals surface area (Å²) in [6.45, 7) is 0. The molecule has 0 amide bonds. The van der Waals surface area contributed by atoms with Crippen LogP contribution in [0.2, 0.25) is 0 Å². The Bertz CT molecular complexity index is 693. The van der Waals surface area contributed by atoms with Gasteiger partial charge in [-0.3, -0.25) is 0 Å². The van der Waals surface area contributed by atoms with Gasteiger partial charge in [0.25, 0.3) is 0 Å². The molecule has 0 saturated carbocycles. The van der Waals surface area contributed by atoms with Gasteiger partial charge in [-0.15, -0.1) is 11.3 Å². The maximum Gasteiger partial charge on any atom is 0.417 e. The number of alkyl halides is 3. The topological polar surface area (TPSA) is 15.8 Å². The molecule has 3 aromatic rings. The third kappa shape index (κ3) is 1.71. The van der Waals surface area contributed by atoms with E-state index in [9.17, 15) is 13.2 Å². The number of rotatable bonds is 1. The van der Waals surface area contributed by atoms with Gasteiger partial charge in [-0.2, -0.15) is 13.2 Å². The van der Waals surface area contributed by atoms with Crippen molar-refractivity contribution in [3.63, 3.8) is 0 Å². The summed E-state index contributed by atoms with van der Waals surface area (Å²) in [7, 11) is 0. The van der Waals surface area contributed by atoms with E-state index in [0.717, 1.165) is 16.3 Å². The van der Waals surface area contributed by atoms with Crippen LogP contribution in [0.3, 0.4) is 0 Å². The Morgan fingerprint density at radius 1 is 1.00 bits per heavy atom. The molecule has 92 valence electrons.